The number of carbonyl (C=O) groups is 1. The molecule has 0 amide bonds. The van der Waals surface area contributed by atoms with Crippen molar-refractivity contribution in [3.8, 4) is 6.07 Å². The number of fused-ring (bicyclic) bond motifs is 1. The van der Waals surface area contributed by atoms with E-state index in [4.69, 9.17) is 5.26 Å². The quantitative estimate of drug-likeness (QED) is 0.674. The van der Waals surface area contributed by atoms with Crippen LogP contribution in [0.2, 0.25) is 0 Å². The Labute approximate surface area is 83.2 Å². The van der Waals surface area contributed by atoms with Crippen molar-refractivity contribution in [1.82, 2.24) is 0 Å². The van der Waals surface area contributed by atoms with Crippen LogP contribution in [0.5, 0.6) is 0 Å². The van der Waals surface area contributed by atoms with Gasteiger partial charge >= 0.3 is 0 Å². The number of carbonyl (C=O) groups excluding carboxylic acids is 1. The first kappa shape index (κ1) is 8.96. The maximum Gasteiger partial charge on any atom is 0.163 e. The minimum atomic E-state index is 0.217. The third-order valence-corrected chi connectivity index (χ3v) is 2.76. The van der Waals surface area contributed by atoms with E-state index in [0.717, 1.165) is 17.5 Å². The normalized spacial score (nSPS) is 19.9. The van der Waals surface area contributed by atoms with E-state index >= 15 is 0 Å². The molecule has 1 aromatic rings. The third-order valence-electron chi connectivity index (χ3n) is 2.76. The fraction of sp³-hybridized carbons (Fsp3) is 0.333. The van der Waals surface area contributed by atoms with E-state index in [-0.39, 0.29) is 11.7 Å². The van der Waals surface area contributed by atoms with E-state index in [1.807, 2.05) is 24.3 Å². The van der Waals surface area contributed by atoms with Crippen molar-refractivity contribution in [1.29, 1.82) is 5.26 Å². The SMILES string of the molecule is N#CCC1CCC(=O)c2ccccc21. The van der Waals surface area contributed by atoms with Gasteiger partial charge in [0.1, 0.15) is 0 Å². The van der Waals surface area contributed by atoms with Crippen LogP contribution >= 0.6 is 0 Å². The lowest BCUT2D eigenvalue weighted by Gasteiger charge is -2.22. The van der Waals surface area contributed by atoms with Gasteiger partial charge in [0.2, 0.25) is 0 Å². The molecule has 0 heterocycles. The summed E-state index contributed by atoms with van der Waals surface area (Å²) in [5.41, 5.74) is 1.88. The van der Waals surface area contributed by atoms with E-state index in [1.54, 1.807) is 0 Å². The fourth-order valence-corrected chi connectivity index (χ4v) is 2.02. The summed E-state index contributed by atoms with van der Waals surface area (Å²) >= 11 is 0. The maximum absolute atomic E-state index is 11.6. The number of benzene rings is 1. The van der Waals surface area contributed by atoms with Gasteiger partial charge in [-0.2, -0.15) is 5.26 Å². The summed E-state index contributed by atoms with van der Waals surface area (Å²) in [5, 5.41) is 8.68. The van der Waals surface area contributed by atoms with E-state index in [0.29, 0.717) is 12.8 Å². The molecule has 1 aliphatic rings. The molecule has 14 heavy (non-hydrogen) atoms. The van der Waals surface area contributed by atoms with Gasteiger partial charge in [0.25, 0.3) is 0 Å². The predicted octanol–water partition coefficient (Wildman–Crippen LogP) is 2.66. The molecule has 2 heteroatoms. The molecule has 0 bridgehead atoms. The van der Waals surface area contributed by atoms with Crippen molar-refractivity contribution in [2.75, 3.05) is 0 Å². The topological polar surface area (TPSA) is 40.9 Å². The summed E-state index contributed by atoms with van der Waals surface area (Å²) in [6.07, 6.45) is 1.93. The standard InChI is InChI=1S/C12H11NO/c13-8-7-9-5-6-12(14)11-4-2-1-3-10(9)11/h1-4,9H,5-7H2. The van der Waals surface area contributed by atoms with Gasteiger partial charge in [-0.05, 0) is 17.9 Å². The van der Waals surface area contributed by atoms with Crippen molar-refractivity contribution in [3.63, 3.8) is 0 Å². The molecule has 0 spiro atoms. The van der Waals surface area contributed by atoms with E-state index in [2.05, 4.69) is 6.07 Å². The van der Waals surface area contributed by atoms with Crippen LogP contribution in [0.4, 0.5) is 0 Å². The smallest absolute Gasteiger partial charge is 0.163 e. The number of ketones is 1. The van der Waals surface area contributed by atoms with Crippen LogP contribution in [0.25, 0.3) is 0 Å². The van der Waals surface area contributed by atoms with Crippen LogP contribution in [0.3, 0.4) is 0 Å². The lowest BCUT2D eigenvalue weighted by molar-refractivity contribution is 0.0967. The second-order valence-corrected chi connectivity index (χ2v) is 3.61. The van der Waals surface area contributed by atoms with Gasteiger partial charge in [0, 0.05) is 18.4 Å². The first-order chi connectivity index (χ1) is 6.83. The Balaban J connectivity index is 2.42. The van der Waals surface area contributed by atoms with Gasteiger partial charge in [-0.1, -0.05) is 24.3 Å². The average Bonchev–Trinajstić information content (AvgIpc) is 2.23. The third kappa shape index (κ3) is 1.42. The summed E-state index contributed by atoms with van der Waals surface area (Å²) in [4.78, 5) is 11.6. The van der Waals surface area contributed by atoms with E-state index < -0.39 is 0 Å². The zero-order valence-corrected chi connectivity index (χ0v) is 7.86. The molecule has 1 unspecified atom stereocenters. The highest BCUT2D eigenvalue weighted by atomic mass is 16.1. The largest absolute Gasteiger partial charge is 0.294 e. The van der Waals surface area contributed by atoms with Crippen LogP contribution in [-0.2, 0) is 0 Å². The predicted molar refractivity (Wildman–Crippen MR) is 53.0 cm³/mol. The molecule has 0 radical (unpaired) electrons. The highest BCUT2D eigenvalue weighted by Crippen LogP contribution is 2.33. The Hall–Kier alpha value is -1.62. The molecule has 0 aromatic heterocycles. The molecule has 0 saturated carbocycles. The Kier molecular flexibility index (Phi) is 2.32. The second-order valence-electron chi connectivity index (χ2n) is 3.61. The van der Waals surface area contributed by atoms with Gasteiger partial charge in [-0.15, -0.1) is 0 Å². The minimum Gasteiger partial charge on any atom is -0.294 e. The highest BCUT2D eigenvalue weighted by molar-refractivity contribution is 5.98. The zero-order valence-electron chi connectivity index (χ0n) is 7.86. The molecule has 0 aliphatic heterocycles. The number of Topliss-reactive ketones (excluding diaryl/α,β-unsaturated/α-hetero) is 1. The summed E-state index contributed by atoms with van der Waals surface area (Å²) in [5.74, 6) is 0.476. The second kappa shape index (κ2) is 3.63. The van der Waals surface area contributed by atoms with Crippen LogP contribution in [-0.4, -0.2) is 5.78 Å². The lowest BCUT2D eigenvalue weighted by atomic mass is 9.81. The fourth-order valence-electron chi connectivity index (χ4n) is 2.02. The van der Waals surface area contributed by atoms with E-state index in [1.165, 1.54) is 0 Å². The monoisotopic (exact) mass is 185 g/mol. The molecule has 1 aliphatic carbocycles. The van der Waals surface area contributed by atoms with Crippen LogP contribution < -0.4 is 0 Å². The molecule has 0 saturated heterocycles. The number of nitrogens with zero attached hydrogens (tertiary/aromatic N) is 1. The summed E-state index contributed by atoms with van der Waals surface area (Å²) < 4.78 is 0. The molecule has 0 fully saturated rings. The van der Waals surface area contributed by atoms with Crippen molar-refractivity contribution in [2.45, 2.75) is 25.2 Å². The minimum absolute atomic E-state index is 0.217. The summed E-state index contributed by atoms with van der Waals surface area (Å²) in [7, 11) is 0. The first-order valence-corrected chi connectivity index (χ1v) is 4.82. The average molecular weight is 185 g/mol. The van der Waals surface area contributed by atoms with Crippen molar-refractivity contribution in [2.24, 2.45) is 0 Å². The van der Waals surface area contributed by atoms with Crippen molar-refractivity contribution < 1.29 is 4.79 Å². The molecule has 2 rings (SSSR count). The summed E-state index contributed by atoms with van der Waals surface area (Å²) in [6, 6.07) is 9.82. The van der Waals surface area contributed by atoms with Gasteiger partial charge in [0.15, 0.2) is 5.78 Å². The Bertz CT molecular complexity index is 403. The van der Waals surface area contributed by atoms with Gasteiger partial charge in [0.05, 0.1) is 6.07 Å². The van der Waals surface area contributed by atoms with Gasteiger partial charge < -0.3 is 0 Å². The molecule has 2 nitrogen and oxygen atoms in total. The Morgan fingerprint density at radius 1 is 1.43 bits per heavy atom. The molecule has 1 aromatic carbocycles. The molecule has 1 atom stereocenters. The maximum atomic E-state index is 11.6. The molecule has 0 N–H and O–H groups in total. The van der Waals surface area contributed by atoms with Crippen LogP contribution in [0.15, 0.2) is 24.3 Å². The first-order valence-electron chi connectivity index (χ1n) is 4.82. The number of rotatable bonds is 1. The van der Waals surface area contributed by atoms with Crippen LogP contribution in [0.1, 0.15) is 41.1 Å². The van der Waals surface area contributed by atoms with E-state index in [9.17, 15) is 4.79 Å². The molecule has 70 valence electrons. The molecular weight excluding hydrogens is 174 g/mol. The van der Waals surface area contributed by atoms with Gasteiger partial charge in [-0.3, -0.25) is 4.79 Å². The van der Waals surface area contributed by atoms with Crippen molar-refractivity contribution in [3.05, 3.63) is 35.4 Å². The lowest BCUT2D eigenvalue weighted by Crippen LogP contribution is -2.15. The zero-order chi connectivity index (χ0) is 9.97. The number of nitriles is 1. The van der Waals surface area contributed by atoms with Crippen LogP contribution in [0, 0.1) is 11.3 Å². The summed E-state index contributed by atoms with van der Waals surface area (Å²) in [6.45, 7) is 0. The van der Waals surface area contributed by atoms with Gasteiger partial charge in [-0.25, -0.2) is 0 Å². The highest BCUT2D eigenvalue weighted by Gasteiger charge is 2.24. The van der Waals surface area contributed by atoms with Crippen molar-refractivity contribution >= 4 is 5.78 Å². The molecular formula is C12H11NO. The Morgan fingerprint density at radius 3 is 3.00 bits per heavy atom. The number of hydrogen-bond acceptors (Lipinski definition) is 2. The number of hydrogen-bond donors (Lipinski definition) is 0. The Morgan fingerprint density at radius 2 is 2.21 bits per heavy atom.